The monoisotopic (exact) mass is 196 g/mol. The summed E-state index contributed by atoms with van der Waals surface area (Å²) in [6.45, 7) is 8.25. The van der Waals surface area contributed by atoms with Crippen molar-refractivity contribution in [3.63, 3.8) is 0 Å². The molecular formula is C12H24N2. The van der Waals surface area contributed by atoms with Gasteiger partial charge in [0.25, 0.3) is 0 Å². The Morgan fingerprint density at radius 2 is 2.07 bits per heavy atom. The molecule has 1 saturated heterocycles. The van der Waals surface area contributed by atoms with Crippen molar-refractivity contribution in [2.75, 3.05) is 26.2 Å². The van der Waals surface area contributed by atoms with Crippen LogP contribution >= 0.6 is 0 Å². The molecule has 1 rings (SSSR count). The predicted octanol–water partition coefficient (Wildman–Crippen LogP) is 1.93. The molecule has 0 aliphatic carbocycles. The van der Waals surface area contributed by atoms with Crippen molar-refractivity contribution in [1.29, 1.82) is 0 Å². The van der Waals surface area contributed by atoms with Crippen molar-refractivity contribution in [2.45, 2.75) is 32.1 Å². The highest BCUT2D eigenvalue weighted by molar-refractivity contribution is 4.70. The van der Waals surface area contributed by atoms with Crippen molar-refractivity contribution in [1.82, 2.24) is 10.6 Å². The second-order valence-corrected chi connectivity index (χ2v) is 4.18. The Bertz CT molecular complexity index is 139. The summed E-state index contributed by atoms with van der Waals surface area (Å²) in [4.78, 5) is 0. The Labute approximate surface area is 88.2 Å². The minimum Gasteiger partial charge on any atom is -0.317 e. The first-order valence-electron chi connectivity index (χ1n) is 5.96. The van der Waals surface area contributed by atoms with Gasteiger partial charge in [0.15, 0.2) is 0 Å². The third-order valence-electron chi connectivity index (χ3n) is 2.96. The first-order chi connectivity index (χ1) is 6.93. The number of hydrogen-bond acceptors (Lipinski definition) is 2. The third-order valence-corrected chi connectivity index (χ3v) is 2.96. The molecule has 0 amide bonds. The number of rotatable bonds is 7. The van der Waals surface area contributed by atoms with Gasteiger partial charge < -0.3 is 10.6 Å². The van der Waals surface area contributed by atoms with Gasteiger partial charge in [0.1, 0.15) is 0 Å². The first kappa shape index (κ1) is 11.7. The molecule has 2 nitrogen and oxygen atoms in total. The van der Waals surface area contributed by atoms with E-state index in [9.17, 15) is 0 Å². The van der Waals surface area contributed by atoms with Crippen LogP contribution in [0.2, 0.25) is 0 Å². The molecule has 1 aliphatic rings. The summed E-state index contributed by atoms with van der Waals surface area (Å²) in [6, 6.07) is 0. The van der Waals surface area contributed by atoms with E-state index < -0.39 is 0 Å². The Morgan fingerprint density at radius 3 is 2.79 bits per heavy atom. The highest BCUT2D eigenvalue weighted by Crippen LogP contribution is 2.18. The Balaban J connectivity index is 1.85. The molecule has 0 aromatic carbocycles. The number of nitrogens with one attached hydrogen (secondary N) is 2. The molecule has 0 bridgehead atoms. The summed E-state index contributed by atoms with van der Waals surface area (Å²) in [6.07, 6.45) is 8.83. The number of hydrogen-bond donors (Lipinski definition) is 2. The van der Waals surface area contributed by atoms with Gasteiger partial charge in [-0.3, -0.25) is 0 Å². The van der Waals surface area contributed by atoms with Crippen LogP contribution in [0.3, 0.4) is 0 Å². The van der Waals surface area contributed by atoms with Crippen LogP contribution in [-0.4, -0.2) is 26.2 Å². The average Bonchev–Trinajstić information content (AvgIpc) is 2.25. The molecule has 0 aromatic rings. The Morgan fingerprint density at radius 1 is 1.29 bits per heavy atom. The van der Waals surface area contributed by atoms with Crippen molar-refractivity contribution in [3.8, 4) is 0 Å². The van der Waals surface area contributed by atoms with Crippen LogP contribution in [0.15, 0.2) is 12.7 Å². The maximum atomic E-state index is 3.68. The van der Waals surface area contributed by atoms with Gasteiger partial charge in [0.05, 0.1) is 0 Å². The lowest BCUT2D eigenvalue weighted by atomic mass is 9.92. The zero-order valence-electron chi connectivity index (χ0n) is 9.23. The standard InChI is InChI=1S/C12H24N2/c1-2-8-13-9-4-3-5-12-6-10-14-11-7-12/h2,12-14H,1,3-11H2. The molecular weight excluding hydrogens is 172 g/mol. The summed E-state index contributed by atoms with van der Waals surface area (Å²) < 4.78 is 0. The van der Waals surface area contributed by atoms with Gasteiger partial charge in [-0.15, -0.1) is 6.58 Å². The molecule has 0 atom stereocenters. The second kappa shape index (κ2) is 8.01. The van der Waals surface area contributed by atoms with E-state index in [1.807, 2.05) is 6.08 Å². The summed E-state index contributed by atoms with van der Waals surface area (Å²) in [5.74, 6) is 0.996. The van der Waals surface area contributed by atoms with E-state index in [0.717, 1.165) is 19.0 Å². The molecule has 1 fully saturated rings. The summed E-state index contributed by atoms with van der Waals surface area (Å²) in [5, 5.41) is 6.75. The van der Waals surface area contributed by atoms with Crippen LogP contribution in [0, 0.1) is 5.92 Å². The van der Waals surface area contributed by atoms with Gasteiger partial charge in [0, 0.05) is 6.54 Å². The van der Waals surface area contributed by atoms with Gasteiger partial charge in [-0.2, -0.15) is 0 Å². The van der Waals surface area contributed by atoms with Gasteiger partial charge in [-0.1, -0.05) is 18.9 Å². The van der Waals surface area contributed by atoms with Gasteiger partial charge in [0.2, 0.25) is 0 Å². The fraction of sp³-hybridized carbons (Fsp3) is 0.833. The Kier molecular flexibility index (Phi) is 6.71. The minimum atomic E-state index is 0.952. The van der Waals surface area contributed by atoms with E-state index in [4.69, 9.17) is 0 Å². The molecule has 0 saturated carbocycles. The van der Waals surface area contributed by atoms with Crippen LogP contribution in [0.1, 0.15) is 32.1 Å². The van der Waals surface area contributed by atoms with Gasteiger partial charge in [-0.05, 0) is 44.8 Å². The van der Waals surface area contributed by atoms with Gasteiger partial charge >= 0.3 is 0 Å². The fourth-order valence-electron chi connectivity index (χ4n) is 2.06. The SMILES string of the molecule is C=CCNCCCCC1CCNCC1. The molecule has 0 radical (unpaired) electrons. The van der Waals surface area contributed by atoms with E-state index in [1.54, 1.807) is 0 Å². The summed E-state index contributed by atoms with van der Waals surface area (Å²) in [5.41, 5.74) is 0. The zero-order valence-corrected chi connectivity index (χ0v) is 9.23. The lowest BCUT2D eigenvalue weighted by Crippen LogP contribution is -2.27. The molecule has 1 heterocycles. The van der Waals surface area contributed by atoms with E-state index in [0.29, 0.717) is 0 Å². The van der Waals surface area contributed by atoms with Crippen LogP contribution in [0.25, 0.3) is 0 Å². The molecule has 14 heavy (non-hydrogen) atoms. The van der Waals surface area contributed by atoms with Crippen molar-refractivity contribution in [3.05, 3.63) is 12.7 Å². The third kappa shape index (κ3) is 5.40. The van der Waals surface area contributed by atoms with E-state index in [1.165, 1.54) is 45.2 Å². The van der Waals surface area contributed by atoms with Crippen molar-refractivity contribution < 1.29 is 0 Å². The molecule has 1 aliphatic heterocycles. The second-order valence-electron chi connectivity index (χ2n) is 4.18. The smallest absolute Gasteiger partial charge is 0.0132 e. The van der Waals surface area contributed by atoms with Gasteiger partial charge in [-0.25, -0.2) is 0 Å². The predicted molar refractivity (Wildman–Crippen MR) is 62.5 cm³/mol. The fourth-order valence-corrected chi connectivity index (χ4v) is 2.06. The number of piperidine rings is 1. The molecule has 82 valence electrons. The number of unbranched alkanes of at least 4 members (excludes halogenated alkanes) is 1. The maximum Gasteiger partial charge on any atom is 0.0132 e. The first-order valence-corrected chi connectivity index (χ1v) is 5.96. The van der Waals surface area contributed by atoms with Crippen LogP contribution < -0.4 is 10.6 Å². The molecule has 0 unspecified atom stereocenters. The lowest BCUT2D eigenvalue weighted by Gasteiger charge is -2.22. The highest BCUT2D eigenvalue weighted by atomic mass is 14.9. The topological polar surface area (TPSA) is 24.1 Å². The molecule has 0 aromatic heterocycles. The normalized spacial score (nSPS) is 18.3. The molecule has 2 N–H and O–H groups in total. The van der Waals surface area contributed by atoms with Crippen molar-refractivity contribution in [2.24, 2.45) is 5.92 Å². The van der Waals surface area contributed by atoms with Crippen LogP contribution in [0.4, 0.5) is 0 Å². The Hall–Kier alpha value is -0.340. The quantitative estimate of drug-likeness (QED) is 0.480. The maximum absolute atomic E-state index is 3.68. The summed E-state index contributed by atoms with van der Waals surface area (Å²) in [7, 11) is 0. The average molecular weight is 196 g/mol. The molecule has 2 heteroatoms. The van der Waals surface area contributed by atoms with Crippen molar-refractivity contribution >= 4 is 0 Å². The molecule has 0 spiro atoms. The summed E-state index contributed by atoms with van der Waals surface area (Å²) >= 11 is 0. The van der Waals surface area contributed by atoms with Crippen LogP contribution in [0.5, 0.6) is 0 Å². The largest absolute Gasteiger partial charge is 0.317 e. The van der Waals surface area contributed by atoms with E-state index in [-0.39, 0.29) is 0 Å². The zero-order chi connectivity index (χ0) is 10.1. The van der Waals surface area contributed by atoms with Crippen LogP contribution in [-0.2, 0) is 0 Å². The van der Waals surface area contributed by atoms with E-state index >= 15 is 0 Å². The van der Waals surface area contributed by atoms with E-state index in [2.05, 4.69) is 17.2 Å². The lowest BCUT2D eigenvalue weighted by molar-refractivity contribution is 0.343. The minimum absolute atomic E-state index is 0.952. The highest BCUT2D eigenvalue weighted by Gasteiger charge is 2.11.